The van der Waals surface area contributed by atoms with E-state index in [-0.39, 0.29) is 36.6 Å². The Balaban J connectivity index is 0.00000338. The molecule has 0 fully saturated rings. The number of aliphatic hydroxyl groups is 1. The minimum Gasteiger partial charge on any atom is -0.392 e. The Morgan fingerprint density at radius 2 is 1.85 bits per heavy atom. The molecule has 0 heterocycles. The van der Waals surface area contributed by atoms with Crippen LogP contribution in [0.15, 0.2) is 47.5 Å². The summed E-state index contributed by atoms with van der Waals surface area (Å²) < 4.78 is 27.0. The van der Waals surface area contributed by atoms with Crippen LogP contribution in [-0.4, -0.2) is 17.6 Å². The highest BCUT2D eigenvalue weighted by atomic mass is 127. The Labute approximate surface area is 169 Å². The molecule has 0 aliphatic carbocycles. The van der Waals surface area contributed by atoms with Crippen molar-refractivity contribution in [2.45, 2.75) is 33.0 Å². The van der Waals surface area contributed by atoms with Gasteiger partial charge in [-0.15, -0.1) is 24.0 Å². The fourth-order valence-electron chi connectivity index (χ4n) is 2.49. The van der Waals surface area contributed by atoms with E-state index in [0.717, 1.165) is 17.2 Å². The summed E-state index contributed by atoms with van der Waals surface area (Å²) in [6, 6.07) is 10.7. The van der Waals surface area contributed by atoms with E-state index in [1.807, 2.05) is 31.2 Å². The third kappa shape index (κ3) is 6.21. The topological polar surface area (TPSA) is 56.7 Å². The van der Waals surface area contributed by atoms with Gasteiger partial charge in [0.05, 0.1) is 19.2 Å². The van der Waals surface area contributed by atoms with Crippen LogP contribution >= 0.6 is 24.0 Å². The highest BCUT2D eigenvalue weighted by Crippen LogP contribution is 2.17. The van der Waals surface area contributed by atoms with Crippen molar-refractivity contribution in [2.75, 3.05) is 6.54 Å². The molecule has 1 unspecified atom stereocenters. The summed E-state index contributed by atoms with van der Waals surface area (Å²) in [6.07, 6.45) is 0. The molecule has 0 bridgehead atoms. The third-order valence-corrected chi connectivity index (χ3v) is 3.82. The fraction of sp³-hybridized carbons (Fsp3) is 0.316. The Kier molecular flexibility index (Phi) is 9.50. The lowest BCUT2D eigenvalue weighted by atomic mass is 10.1. The Morgan fingerprint density at radius 3 is 2.46 bits per heavy atom. The molecule has 0 radical (unpaired) electrons. The van der Waals surface area contributed by atoms with E-state index in [2.05, 4.69) is 15.6 Å². The zero-order valence-corrected chi connectivity index (χ0v) is 17.1. The van der Waals surface area contributed by atoms with E-state index in [4.69, 9.17) is 0 Å². The second kappa shape index (κ2) is 11.1. The SMILES string of the molecule is CCNC(=NCc1ccccc1CO)NC(C)c1ccc(F)cc1F.I. The molecule has 1 atom stereocenters. The number of aliphatic hydroxyl groups excluding tert-OH is 1. The molecule has 0 aliphatic rings. The highest BCUT2D eigenvalue weighted by molar-refractivity contribution is 14.0. The van der Waals surface area contributed by atoms with Crippen molar-refractivity contribution in [3.05, 3.63) is 70.8 Å². The van der Waals surface area contributed by atoms with E-state index in [0.29, 0.717) is 24.6 Å². The van der Waals surface area contributed by atoms with E-state index in [1.54, 1.807) is 6.92 Å². The van der Waals surface area contributed by atoms with Crippen molar-refractivity contribution >= 4 is 29.9 Å². The molecule has 0 spiro atoms. The van der Waals surface area contributed by atoms with Crippen molar-refractivity contribution in [3.8, 4) is 0 Å². The lowest BCUT2D eigenvalue weighted by Gasteiger charge is -2.19. The summed E-state index contributed by atoms with van der Waals surface area (Å²) in [7, 11) is 0. The van der Waals surface area contributed by atoms with Crippen LogP contribution in [0, 0.1) is 11.6 Å². The van der Waals surface area contributed by atoms with Crippen LogP contribution in [0.25, 0.3) is 0 Å². The molecule has 4 nitrogen and oxygen atoms in total. The molecule has 0 aromatic heterocycles. The van der Waals surface area contributed by atoms with Crippen molar-refractivity contribution in [2.24, 2.45) is 4.99 Å². The van der Waals surface area contributed by atoms with Crippen LogP contribution in [0.4, 0.5) is 8.78 Å². The molecule has 26 heavy (non-hydrogen) atoms. The number of halogens is 3. The first-order valence-electron chi connectivity index (χ1n) is 8.22. The van der Waals surface area contributed by atoms with Crippen LogP contribution < -0.4 is 10.6 Å². The number of aliphatic imine (C=N–C) groups is 1. The molecular formula is C19H24F2IN3O. The lowest BCUT2D eigenvalue weighted by Crippen LogP contribution is -2.39. The smallest absolute Gasteiger partial charge is 0.192 e. The Bertz CT molecular complexity index is 740. The first-order valence-corrected chi connectivity index (χ1v) is 8.22. The summed E-state index contributed by atoms with van der Waals surface area (Å²) >= 11 is 0. The average molecular weight is 475 g/mol. The molecule has 0 aliphatic heterocycles. The molecular weight excluding hydrogens is 451 g/mol. The molecule has 142 valence electrons. The van der Waals surface area contributed by atoms with Crippen molar-refractivity contribution in [1.82, 2.24) is 10.6 Å². The summed E-state index contributed by atoms with van der Waals surface area (Å²) in [5, 5.41) is 15.6. The molecule has 3 N–H and O–H groups in total. The van der Waals surface area contributed by atoms with Gasteiger partial charge in [0.2, 0.25) is 0 Å². The quantitative estimate of drug-likeness (QED) is 0.338. The van der Waals surface area contributed by atoms with Crippen LogP contribution in [0.2, 0.25) is 0 Å². The predicted molar refractivity (Wildman–Crippen MR) is 111 cm³/mol. The number of hydrogen-bond donors (Lipinski definition) is 3. The Hall–Kier alpha value is -1.74. The van der Waals surface area contributed by atoms with Crippen molar-refractivity contribution in [1.29, 1.82) is 0 Å². The molecule has 2 rings (SSSR count). The van der Waals surface area contributed by atoms with E-state index in [1.165, 1.54) is 12.1 Å². The van der Waals surface area contributed by atoms with Crippen LogP contribution in [-0.2, 0) is 13.2 Å². The molecule has 0 saturated heterocycles. The number of benzene rings is 2. The maximum atomic E-state index is 13.9. The number of rotatable bonds is 6. The first-order chi connectivity index (χ1) is 12.0. The van der Waals surface area contributed by atoms with Gasteiger partial charge in [-0.2, -0.15) is 0 Å². The van der Waals surface area contributed by atoms with Crippen molar-refractivity contribution in [3.63, 3.8) is 0 Å². The number of nitrogens with zero attached hydrogens (tertiary/aromatic N) is 1. The molecule has 0 amide bonds. The predicted octanol–water partition coefficient (Wildman–Crippen LogP) is 3.89. The van der Waals surface area contributed by atoms with Gasteiger partial charge in [0.25, 0.3) is 0 Å². The monoisotopic (exact) mass is 475 g/mol. The average Bonchev–Trinajstić information content (AvgIpc) is 2.60. The highest BCUT2D eigenvalue weighted by Gasteiger charge is 2.13. The first kappa shape index (κ1) is 22.3. The normalized spacial score (nSPS) is 12.3. The molecule has 2 aromatic rings. The maximum absolute atomic E-state index is 13.9. The van der Waals surface area contributed by atoms with Gasteiger partial charge in [0.15, 0.2) is 5.96 Å². The number of hydrogen-bond acceptors (Lipinski definition) is 2. The largest absolute Gasteiger partial charge is 0.392 e. The van der Waals surface area contributed by atoms with Gasteiger partial charge in [0.1, 0.15) is 11.6 Å². The molecule has 7 heteroatoms. The van der Waals surface area contributed by atoms with Gasteiger partial charge < -0.3 is 15.7 Å². The van der Waals surface area contributed by atoms with E-state index >= 15 is 0 Å². The van der Waals surface area contributed by atoms with Gasteiger partial charge in [-0.05, 0) is 31.0 Å². The minimum absolute atomic E-state index is 0. The van der Waals surface area contributed by atoms with Crippen LogP contribution in [0.1, 0.15) is 36.6 Å². The fourth-order valence-corrected chi connectivity index (χ4v) is 2.49. The van der Waals surface area contributed by atoms with E-state index < -0.39 is 11.6 Å². The minimum atomic E-state index is -0.602. The van der Waals surface area contributed by atoms with Crippen molar-refractivity contribution < 1.29 is 13.9 Å². The number of guanidine groups is 1. The van der Waals surface area contributed by atoms with Crippen LogP contribution in [0.5, 0.6) is 0 Å². The number of nitrogens with one attached hydrogen (secondary N) is 2. The molecule has 2 aromatic carbocycles. The summed E-state index contributed by atoms with van der Waals surface area (Å²) in [5.41, 5.74) is 2.10. The second-order valence-electron chi connectivity index (χ2n) is 5.65. The Morgan fingerprint density at radius 1 is 1.15 bits per heavy atom. The zero-order valence-electron chi connectivity index (χ0n) is 14.8. The summed E-state index contributed by atoms with van der Waals surface area (Å²) in [5.74, 6) is -0.678. The lowest BCUT2D eigenvalue weighted by molar-refractivity contribution is 0.280. The maximum Gasteiger partial charge on any atom is 0.192 e. The van der Waals surface area contributed by atoms with Gasteiger partial charge in [-0.1, -0.05) is 30.3 Å². The van der Waals surface area contributed by atoms with Crippen LogP contribution in [0.3, 0.4) is 0 Å². The second-order valence-corrected chi connectivity index (χ2v) is 5.65. The van der Waals surface area contributed by atoms with Gasteiger partial charge >= 0.3 is 0 Å². The third-order valence-electron chi connectivity index (χ3n) is 3.82. The standard InChI is InChI=1S/C19H23F2N3O.HI/c1-3-22-19(23-11-14-6-4-5-7-15(14)12-25)24-13(2)17-9-8-16(20)10-18(17)21;/h4-10,13,25H,3,11-12H2,1-2H3,(H2,22,23,24);1H. The summed E-state index contributed by atoms with van der Waals surface area (Å²) in [6.45, 7) is 4.69. The molecule has 0 saturated carbocycles. The van der Waals surface area contributed by atoms with Gasteiger partial charge in [-0.3, -0.25) is 0 Å². The summed E-state index contributed by atoms with van der Waals surface area (Å²) in [4.78, 5) is 4.49. The van der Waals surface area contributed by atoms with Gasteiger partial charge in [-0.25, -0.2) is 13.8 Å². The van der Waals surface area contributed by atoms with E-state index in [9.17, 15) is 13.9 Å². The van der Waals surface area contributed by atoms with Gasteiger partial charge in [0, 0.05) is 18.2 Å². The zero-order chi connectivity index (χ0) is 18.2.